The highest BCUT2D eigenvalue weighted by Crippen LogP contribution is 2.44. The van der Waals surface area contributed by atoms with E-state index in [2.05, 4.69) is 272 Å². The summed E-state index contributed by atoms with van der Waals surface area (Å²) in [6, 6.07) is 91.8. The molecule has 0 N–H and O–H groups in total. The molecule has 11 aromatic carbocycles. The van der Waals surface area contributed by atoms with Gasteiger partial charge in [0.2, 0.25) is 0 Å². The van der Waals surface area contributed by atoms with Gasteiger partial charge in [-0.25, -0.2) is 0 Å². The number of fused-ring (bicyclic) bond motifs is 15. The van der Waals surface area contributed by atoms with Crippen LogP contribution >= 0.6 is 0 Å². The molecule has 5 nitrogen and oxygen atoms in total. The van der Waals surface area contributed by atoms with Crippen molar-refractivity contribution >= 4 is 109 Å². The molecule has 5 heteroatoms. The van der Waals surface area contributed by atoms with Crippen LogP contribution in [0.2, 0.25) is 0 Å². The molecule has 16 rings (SSSR count). The highest BCUT2D eigenvalue weighted by molar-refractivity contribution is 6.17. The summed E-state index contributed by atoms with van der Waals surface area (Å²) in [5.41, 5.74) is 17.1. The van der Waals surface area contributed by atoms with Crippen LogP contribution in [0.3, 0.4) is 0 Å². The van der Waals surface area contributed by atoms with Crippen LogP contribution in [0.1, 0.15) is 0 Å². The summed E-state index contributed by atoms with van der Waals surface area (Å²) in [7, 11) is 0. The third-order valence-corrected chi connectivity index (χ3v) is 15.2. The first-order valence-corrected chi connectivity index (χ1v) is 24.4. The largest absolute Gasteiger partial charge is 0.309 e. The third kappa shape index (κ3) is 5.24. The van der Waals surface area contributed by atoms with Crippen LogP contribution in [0, 0.1) is 0 Å². The van der Waals surface area contributed by atoms with Crippen molar-refractivity contribution in [2.45, 2.75) is 0 Å². The summed E-state index contributed by atoms with van der Waals surface area (Å²) >= 11 is 0. The van der Waals surface area contributed by atoms with Gasteiger partial charge in [-0.05, 0) is 78.9 Å². The van der Waals surface area contributed by atoms with E-state index >= 15 is 0 Å². The summed E-state index contributed by atoms with van der Waals surface area (Å²) in [5.74, 6) is 0. The van der Waals surface area contributed by atoms with E-state index in [9.17, 15) is 0 Å². The lowest BCUT2D eigenvalue weighted by molar-refractivity contribution is 1.08. The van der Waals surface area contributed by atoms with Gasteiger partial charge in [0.1, 0.15) is 0 Å². The smallest absolute Gasteiger partial charge is 0.0782 e. The van der Waals surface area contributed by atoms with Crippen LogP contribution in [-0.2, 0) is 0 Å². The van der Waals surface area contributed by atoms with Gasteiger partial charge in [-0.15, -0.1) is 0 Å². The number of benzene rings is 11. The Kier molecular flexibility index (Phi) is 7.82. The predicted molar refractivity (Wildman–Crippen MR) is 298 cm³/mol. The Balaban J connectivity index is 1.08. The summed E-state index contributed by atoms with van der Waals surface area (Å²) in [6.45, 7) is 0. The Morgan fingerprint density at radius 2 is 0.380 bits per heavy atom. The maximum Gasteiger partial charge on any atom is 0.0782 e. The molecule has 0 spiro atoms. The number of hydrogen-bond acceptors (Lipinski definition) is 0. The highest BCUT2D eigenvalue weighted by atomic mass is 15.1. The molecule has 71 heavy (non-hydrogen) atoms. The average Bonchev–Trinajstić information content (AvgIpc) is 4.23. The SMILES string of the molecule is c1ccc2c(c1)c1ccccc1n2-c1cc(-n2c3ccccc3c3cccc(-n4c5ccccc5c5ccccc54)c32)cc(-n2c3ccccc3c3cccc(-n4c5ccccc5c5ccccc54)c32)c1. The second-order valence-electron chi connectivity index (χ2n) is 18.9. The van der Waals surface area contributed by atoms with Gasteiger partial charge < -0.3 is 22.8 Å². The molecule has 330 valence electrons. The van der Waals surface area contributed by atoms with Crippen molar-refractivity contribution in [3.8, 4) is 28.4 Å². The summed E-state index contributed by atoms with van der Waals surface area (Å²) in [6.07, 6.45) is 0. The average molecular weight is 904 g/mol. The van der Waals surface area contributed by atoms with Gasteiger partial charge in [0.25, 0.3) is 0 Å². The predicted octanol–water partition coefficient (Wildman–Crippen LogP) is 17.2. The number of nitrogens with zero attached hydrogens (tertiary/aromatic N) is 5. The molecule has 0 saturated carbocycles. The van der Waals surface area contributed by atoms with Gasteiger partial charge >= 0.3 is 0 Å². The Morgan fingerprint density at radius 3 is 0.676 bits per heavy atom. The number of para-hydroxylation sites is 10. The fraction of sp³-hybridized carbons (Fsp3) is 0. The van der Waals surface area contributed by atoms with Crippen molar-refractivity contribution in [3.05, 3.63) is 249 Å². The Morgan fingerprint density at radius 1 is 0.169 bits per heavy atom. The molecular formula is C66H41N5. The van der Waals surface area contributed by atoms with Gasteiger partial charge in [0.15, 0.2) is 0 Å². The Hall–Kier alpha value is -9.58. The van der Waals surface area contributed by atoms with Crippen LogP contribution in [0.4, 0.5) is 0 Å². The molecule has 0 atom stereocenters. The van der Waals surface area contributed by atoms with E-state index in [0.29, 0.717) is 0 Å². The van der Waals surface area contributed by atoms with Gasteiger partial charge in [0, 0.05) is 53.9 Å². The van der Waals surface area contributed by atoms with Gasteiger partial charge in [-0.2, -0.15) is 0 Å². The first-order chi connectivity index (χ1) is 35.3. The van der Waals surface area contributed by atoms with Gasteiger partial charge in [-0.1, -0.05) is 170 Å². The summed E-state index contributed by atoms with van der Waals surface area (Å²) < 4.78 is 12.5. The minimum absolute atomic E-state index is 1.07. The standard InChI is InChI=1S/C66H41N5/c1-9-29-55-45(19-1)46-20-2-10-30-56(46)67(55)42-39-43(68-57-31-11-7-25-51(57)53-27-17-37-63(65(53)68)70-59-33-13-3-21-47(59)48-22-4-14-34-60(48)70)41-44(40-42)69-58-32-12-8-26-52(58)54-28-18-38-64(66(54)69)71-61-35-15-5-23-49(61)50-24-6-16-36-62(50)71/h1-41H. The molecule has 0 aliphatic rings. The third-order valence-electron chi connectivity index (χ3n) is 15.2. The first kappa shape index (κ1) is 38.4. The van der Waals surface area contributed by atoms with Crippen molar-refractivity contribution in [3.63, 3.8) is 0 Å². The fourth-order valence-corrected chi connectivity index (χ4v) is 12.4. The molecule has 0 unspecified atom stereocenters. The van der Waals surface area contributed by atoms with Crippen molar-refractivity contribution in [2.75, 3.05) is 0 Å². The normalized spacial score (nSPS) is 12.2. The van der Waals surface area contributed by atoms with E-state index in [1.807, 2.05) is 0 Å². The molecule has 0 amide bonds. The van der Waals surface area contributed by atoms with Crippen LogP contribution in [0.15, 0.2) is 249 Å². The fourth-order valence-electron chi connectivity index (χ4n) is 12.4. The van der Waals surface area contributed by atoms with Crippen LogP contribution in [0.5, 0.6) is 0 Å². The van der Waals surface area contributed by atoms with E-state index in [4.69, 9.17) is 0 Å². The lowest BCUT2D eigenvalue weighted by Crippen LogP contribution is -2.06. The second-order valence-corrected chi connectivity index (χ2v) is 18.9. The van der Waals surface area contributed by atoms with Crippen molar-refractivity contribution in [1.29, 1.82) is 0 Å². The summed E-state index contributed by atoms with van der Waals surface area (Å²) in [4.78, 5) is 0. The van der Waals surface area contributed by atoms with E-state index < -0.39 is 0 Å². The van der Waals surface area contributed by atoms with E-state index in [0.717, 1.165) is 61.5 Å². The van der Waals surface area contributed by atoms with Crippen LogP contribution < -0.4 is 0 Å². The molecular weight excluding hydrogens is 863 g/mol. The van der Waals surface area contributed by atoms with Gasteiger partial charge in [-0.3, -0.25) is 0 Å². The van der Waals surface area contributed by atoms with Crippen molar-refractivity contribution in [2.24, 2.45) is 0 Å². The number of aromatic nitrogens is 5. The maximum absolute atomic E-state index is 2.53. The molecule has 16 aromatic rings. The van der Waals surface area contributed by atoms with E-state index in [1.54, 1.807) is 0 Å². The molecule has 0 aliphatic carbocycles. The molecule has 0 bridgehead atoms. The Bertz CT molecular complexity index is 4480. The topological polar surface area (TPSA) is 24.6 Å². The minimum Gasteiger partial charge on any atom is -0.309 e. The minimum atomic E-state index is 1.07. The van der Waals surface area contributed by atoms with Crippen molar-refractivity contribution < 1.29 is 0 Å². The highest BCUT2D eigenvalue weighted by Gasteiger charge is 2.24. The molecule has 0 saturated heterocycles. The lowest BCUT2D eigenvalue weighted by atomic mass is 10.1. The van der Waals surface area contributed by atoms with Crippen LogP contribution in [-0.4, -0.2) is 22.8 Å². The maximum atomic E-state index is 2.53. The monoisotopic (exact) mass is 903 g/mol. The molecule has 0 radical (unpaired) electrons. The lowest BCUT2D eigenvalue weighted by Gasteiger charge is -2.19. The first-order valence-electron chi connectivity index (χ1n) is 24.4. The van der Waals surface area contributed by atoms with E-state index in [1.165, 1.54) is 75.9 Å². The second kappa shape index (κ2) is 14.5. The quantitative estimate of drug-likeness (QED) is 0.164. The zero-order chi connectivity index (χ0) is 46.3. The number of rotatable bonds is 5. The molecule has 5 aromatic heterocycles. The van der Waals surface area contributed by atoms with E-state index in [-0.39, 0.29) is 0 Å². The zero-order valence-electron chi connectivity index (χ0n) is 38.4. The molecule has 0 fully saturated rings. The van der Waals surface area contributed by atoms with Crippen LogP contribution in [0.25, 0.3) is 137 Å². The number of hydrogen-bond donors (Lipinski definition) is 0. The molecule has 0 aliphatic heterocycles. The summed E-state index contributed by atoms with van der Waals surface area (Å²) in [5, 5.41) is 12.2. The molecule has 5 heterocycles. The Labute approximate surface area is 407 Å². The zero-order valence-corrected chi connectivity index (χ0v) is 38.4. The van der Waals surface area contributed by atoms with Crippen molar-refractivity contribution in [1.82, 2.24) is 22.8 Å². The van der Waals surface area contributed by atoms with Gasteiger partial charge in [0.05, 0.1) is 83.6 Å².